The maximum atomic E-state index is 11.8. The van der Waals surface area contributed by atoms with Crippen LogP contribution in [0.4, 0.5) is 0 Å². The zero-order valence-corrected chi connectivity index (χ0v) is 16.2. The molecule has 0 radical (unpaired) electrons. The topological polar surface area (TPSA) is 39.4 Å². The minimum Gasteiger partial charge on any atom is -0.488 e. The Labute approximate surface area is 154 Å². The van der Waals surface area contributed by atoms with Crippen LogP contribution in [0.3, 0.4) is 0 Å². The molecule has 0 aliphatic carbocycles. The summed E-state index contributed by atoms with van der Waals surface area (Å²) in [6.45, 7) is 11.1. The van der Waals surface area contributed by atoms with Gasteiger partial charge in [-0.05, 0) is 47.6 Å². The van der Waals surface area contributed by atoms with Crippen molar-refractivity contribution in [2.24, 2.45) is 0 Å². The van der Waals surface area contributed by atoms with E-state index >= 15 is 0 Å². The first-order chi connectivity index (χ1) is 12.3. The summed E-state index contributed by atoms with van der Waals surface area (Å²) in [7, 11) is 0. The molecule has 1 heterocycles. The van der Waals surface area contributed by atoms with E-state index in [1.807, 2.05) is 26.0 Å². The molecule has 0 amide bonds. The third-order valence-electron chi connectivity index (χ3n) is 4.79. The van der Waals surface area contributed by atoms with Crippen LogP contribution in [0, 0.1) is 6.92 Å². The van der Waals surface area contributed by atoms with Crippen molar-refractivity contribution in [2.75, 3.05) is 0 Å². The fourth-order valence-electron chi connectivity index (χ4n) is 3.12. The smallest absolute Gasteiger partial charge is 0.336 e. The Morgan fingerprint density at radius 3 is 2.35 bits per heavy atom. The van der Waals surface area contributed by atoms with E-state index in [1.54, 1.807) is 6.07 Å². The lowest BCUT2D eigenvalue weighted by atomic mass is 9.87. The third kappa shape index (κ3) is 3.67. The van der Waals surface area contributed by atoms with Crippen molar-refractivity contribution in [3.05, 3.63) is 75.1 Å². The van der Waals surface area contributed by atoms with Gasteiger partial charge < -0.3 is 9.15 Å². The van der Waals surface area contributed by atoms with Crippen molar-refractivity contribution >= 4 is 11.0 Å². The fraction of sp³-hybridized carbons (Fsp3) is 0.348. The van der Waals surface area contributed by atoms with E-state index in [1.165, 1.54) is 5.56 Å². The van der Waals surface area contributed by atoms with Crippen molar-refractivity contribution in [2.45, 2.75) is 53.1 Å². The van der Waals surface area contributed by atoms with Gasteiger partial charge in [0, 0.05) is 17.0 Å². The Bertz CT molecular complexity index is 973. The van der Waals surface area contributed by atoms with Crippen LogP contribution < -0.4 is 10.4 Å². The van der Waals surface area contributed by atoms with Gasteiger partial charge in [0.15, 0.2) is 0 Å². The van der Waals surface area contributed by atoms with Crippen LogP contribution in [-0.4, -0.2) is 0 Å². The van der Waals surface area contributed by atoms with Crippen LogP contribution in [-0.2, 0) is 18.4 Å². The quantitative estimate of drug-likeness (QED) is 0.580. The van der Waals surface area contributed by atoms with Gasteiger partial charge in [-0.2, -0.15) is 0 Å². The van der Waals surface area contributed by atoms with Crippen molar-refractivity contribution in [3.8, 4) is 5.75 Å². The molecule has 3 rings (SSSR count). The minimum absolute atomic E-state index is 0.142. The zero-order chi connectivity index (χ0) is 18.9. The summed E-state index contributed by atoms with van der Waals surface area (Å²) in [6.07, 6.45) is 0.794. The summed E-state index contributed by atoms with van der Waals surface area (Å²) < 4.78 is 11.5. The number of aryl methyl sites for hydroxylation is 2. The molecule has 0 spiro atoms. The summed E-state index contributed by atoms with van der Waals surface area (Å²) >= 11 is 0. The van der Waals surface area contributed by atoms with Gasteiger partial charge >= 0.3 is 5.63 Å². The largest absolute Gasteiger partial charge is 0.488 e. The monoisotopic (exact) mass is 350 g/mol. The van der Waals surface area contributed by atoms with E-state index in [9.17, 15) is 4.79 Å². The van der Waals surface area contributed by atoms with Gasteiger partial charge in [-0.3, -0.25) is 0 Å². The number of ether oxygens (including phenoxy) is 1. The molecule has 3 heteroatoms. The Morgan fingerprint density at radius 2 is 1.73 bits per heavy atom. The second kappa shape index (κ2) is 6.99. The molecular weight excluding hydrogens is 324 g/mol. The molecule has 0 saturated carbocycles. The first-order valence-corrected chi connectivity index (χ1v) is 9.08. The first kappa shape index (κ1) is 18.2. The number of rotatable bonds is 4. The summed E-state index contributed by atoms with van der Waals surface area (Å²) in [5, 5.41) is 0.978. The van der Waals surface area contributed by atoms with E-state index in [2.05, 4.69) is 45.0 Å². The summed E-state index contributed by atoms with van der Waals surface area (Å²) in [5.41, 5.74) is 4.73. The lowest BCUT2D eigenvalue weighted by molar-refractivity contribution is 0.304. The minimum atomic E-state index is -0.313. The number of fused-ring (bicyclic) bond motifs is 1. The van der Waals surface area contributed by atoms with E-state index in [4.69, 9.17) is 9.15 Å². The molecule has 136 valence electrons. The van der Waals surface area contributed by atoms with Gasteiger partial charge in [-0.1, -0.05) is 52.0 Å². The second-order valence-electron chi connectivity index (χ2n) is 7.75. The highest BCUT2D eigenvalue weighted by molar-refractivity contribution is 5.84. The lowest BCUT2D eigenvalue weighted by Gasteiger charge is -2.19. The van der Waals surface area contributed by atoms with Gasteiger partial charge in [0.05, 0.1) is 0 Å². The Morgan fingerprint density at radius 1 is 1.04 bits per heavy atom. The highest BCUT2D eigenvalue weighted by Gasteiger charge is 2.14. The highest BCUT2D eigenvalue weighted by Crippen LogP contribution is 2.29. The zero-order valence-electron chi connectivity index (χ0n) is 16.2. The van der Waals surface area contributed by atoms with Crippen LogP contribution in [0.1, 0.15) is 49.9 Å². The SMILES string of the molecule is CCc1cc(=O)oc2c(C)c(OCc3ccc(C(C)(C)C)cc3)ccc12. The normalized spacial score (nSPS) is 11.7. The number of benzene rings is 2. The van der Waals surface area contributed by atoms with Gasteiger partial charge in [0.25, 0.3) is 0 Å². The molecule has 1 aromatic heterocycles. The van der Waals surface area contributed by atoms with E-state index in [0.29, 0.717) is 12.2 Å². The molecule has 26 heavy (non-hydrogen) atoms. The predicted octanol–water partition coefficient (Wildman–Crippen LogP) is 5.54. The Hall–Kier alpha value is -2.55. The molecule has 0 bridgehead atoms. The van der Waals surface area contributed by atoms with Crippen LogP contribution in [0.15, 0.2) is 51.7 Å². The molecule has 0 N–H and O–H groups in total. The van der Waals surface area contributed by atoms with Crippen molar-refractivity contribution in [1.82, 2.24) is 0 Å². The number of hydrogen-bond acceptors (Lipinski definition) is 3. The maximum Gasteiger partial charge on any atom is 0.336 e. The molecule has 0 aliphatic rings. The van der Waals surface area contributed by atoms with Gasteiger partial charge in [0.2, 0.25) is 0 Å². The number of hydrogen-bond donors (Lipinski definition) is 0. The second-order valence-corrected chi connectivity index (χ2v) is 7.75. The van der Waals surface area contributed by atoms with Crippen LogP contribution in [0.25, 0.3) is 11.0 Å². The van der Waals surface area contributed by atoms with E-state index < -0.39 is 0 Å². The van der Waals surface area contributed by atoms with Crippen molar-refractivity contribution in [1.29, 1.82) is 0 Å². The Kier molecular flexibility index (Phi) is 4.90. The molecule has 0 fully saturated rings. The van der Waals surface area contributed by atoms with E-state index in [-0.39, 0.29) is 11.0 Å². The highest BCUT2D eigenvalue weighted by atomic mass is 16.5. The lowest BCUT2D eigenvalue weighted by Crippen LogP contribution is -2.10. The van der Waals surface area contributed by atoms with Crippen LogP contribution in [0.5, 0.6) is 5.75 Å². The molecular formula is C23H26O3. The average Bonchev–Trinajstić information content (AvgIpc) is 2.60. The van der Waals surface area contributed by atoms with Crippen molar-refractivity contribution in [3.63, 3.8) is 0 Å². The maximum absolute atomic E-state index is 11.8. The third-order valence-corrected chi connectivity index (χ3v) is 4.79. The van der Waals surface area contributed by atoms with Gasteiger partial charge in [0.1, 0.15) is 17.9 Å². The van der Waals surface area contributed by atoms with E-state index in [0.717, 1.165) is 34.2 Å². The molecule has 2 aromatic carbocycles. The van der Waals surface area contributed by atoms with Crippen LogP contribution in [0.2, 0.25) is 0 Å². The van der Waals surface area contributed by atoms with Crippen molar-refractivity contribution < 1.29 is 9.15 Å². The Balaban J connectivity index is 1.85. The molecule has 0 unspecified atom stereocenters. The summed E-state index contributed by atoms with van der Waals surface area (Å²) in [6, 6.07) is 14.0. The van der Waals surface area contributed by atoms with Crippen LogP contribution >= 0.6 is 0 Å². The van der Waals surface area contributed by atoms with Gasteiger partial charge in [-0.25, -0.2) is 4.79 Å². The molecule has 0 atom stereocenters. The molecule has 0 saturated heterocycles. The predicted molar refractivity (Wildman–Crippen MR) is 106 cm³/mol. The van der Waals surface area contributed by atoms with Gasteiger partial charge in [-0.15, -0.1) is 0 Å². The summed E-state index contributed by atoms with van der Waals surface area (Å²) in [4.78, 5) is 11.8. The average molecular weight is 350 g/mol. The fourth-order valence-corrected chi connectivity index (χ4v) is 3.12. The molecule has 3 nitrogen and oxygen atoms in total. The molecule has 0 aliphatic heterocycles. The molecule has 3 aromatic rings. The first-order valence-electron chi connectivity index (χ1n) is 9.08. The summed E-state index contributed by atoms with van der Waals surface area (Å²) in [5.74, 6) is 0.744. The standard InChI is InChI=1S/C23H26O3/c1-6-17-13-21(24)26-22-15(2)20(12-11-19(17)22)25-14-16-7-9-18(10-8-16)23(3,4)5/h7-13H,6,14H2,1-5H3.